The number of cyclic esters (lactones) is 1. The highest BCUT2D eigenvalue weighted by Gasteiger charge is 2.33. The molecule has 0 saturated carbocycles. The predicted molar refractivity (Wildman–Crippen MR) is 128 cm³/mol. The van der Waals surface area contributed by atoms with Crippen LogP contribution >= 0.6 is 11.8 Å². The van der Waals surface area contributed by atoms with Crippen LogP contribution in [0, 0.1) is 0 Å². The molecule has 1 fully saturated rings. The highest BCUT2D eigenvalue weighted by atomic mass is 32.2. The van der Waals surface area contributed by atoms with Crippen molar-refractivity contribution in [3.63, 3.8) is 0 Å². The van der Waals surface area contributed by atoms with Crippen LogP contribution in [0.1, 0.15) is 5.56 Å². The third kappa shape index (κ3) is 3.79. The van der Waals surface area contributed by atoms with Gasteiger partial charge in [-0.3, -0.25) is 15.0 Å². The summed E-state index contributed by atoms with van der Waals surface area (Å²) >= 11 is 1.48. The Labute approximate surface area is 199 Å². The van der Waals surface area contributed by atoms with Gasteiger partial charge in [-0.05, 0) is 35.7 Å². The molecule has 0 radical (unpaired) electrons. The highest BCUT2D eigenvalue weighted by Crippen LogP contribution is 2.38. The fourth-order valence-electron chi connectivity index (χ4n) is 4.51. The zero-order chi connectivity index (χ0) is 23.2. The first-order valence-electron chi connectivity index (χ1n) is 11.0. The van der Waals surface area contributed by atoms with E-state index in [0.717, 1.165) is 21.2 Å². The van der Waals surface area contributed by atoms with Crippen LogP contribution in [-0.2, 0) is 16.1 Å². The minimum absolute atomic E-state index is 0.0483. The van der Waals surface area contributed by atoms with Crippen molar-refractivity contribution in [2.24, 2.45) is 0 Å². The topological polar surface area (TPSA) is 103 Å². The van der Waals surface area contributed by atoms with E-state index in [1.165, 1.54) is 11.8 Å². The van der Waals surface area contributed by atoms with Gasteiger partial charge in [0, 0.05) is 28.1 Å². The number of nitrogens with one attached hydrogen (secondary N) is 2. The molecular weight excluding hydrogens is 456 g/mol. The molecule has 3 aliphatic rings. The van der Waals surface area contributed by atoms with Gasteiger partial charge in [0.25, 0.3) is 0 Å². The number of phenolic OH excluding ortho intramolecular Hbond substituents is 1. The monoisotopic (exact) mass is 478 g/mol. The number of nitrogens with zero attached hydrogens (tertiary/aromatic N) is 2. The van der Waals surface area contributed by atoms with Crippen LogP contribution in [-0.4, -0.2) is 53.8 Å². The second-order valence-corrected chi connectivity index (χ2v) is 9.41. The third-order valence-electron chi connectivity index (χ3n) is 6.09. The van der Waals surface area contributed by atoms with E-state index in [1.807, 2.05) is 42.5 Å². The molecule has 0 aromatic heterocycles. The van der Waals surface area contributed by atoms with Crippen LogP contribution in [0.2, 0.25) is 0 Å². The number of carbonyl (C=O) groups excluding carboxylic acids is 2. The van der Waals surface area contributed by atoms with Crippen LogP contribution < -0.4 is 20.4 Å². The summed E-state index contributed by atoms with van der Waals surface area (Å²) in [6.07, 6.45) is -0.748. The fraction of sp³-hybridized carbons (Fsp3) is 0.250. The van der Waals surface area contributed by atoms with Gasteiger partial charge in [0.15, 0.2) is 5.75 Å². The molecule has 0 spiro atoms. The molecule has 6 rings (SSSR count). The lowest BCUT2D eigenvalue weighted by Gasteiger charge is -2.29. The van der Waals surface area contributed by atoms with Gasteiger partial charge in [-0.15, -0.1) is 16.8 Å². The van der Waals surface area contributed by atoms with E-state index >= 15 is 0 Å². The Morgan fingerprint density at radius 3 is 3.00 bits per heavy atom. The summed E-state index contributed by atoms with van der Waals surface area (Å²) in [5.74, 6) is 1.29. The Bertz CT molecular complexity index is 1320. The van der Waals surface area contributed by atoms with E-state index in [2.05, 4.69) is 10.6 Å². The van der Waals surface area contributed by atoms with E-state index in [4.69, 9.17) is 9.57 Å². The molecule has 34 heavy (non-hydrogen) atoms. The zero-order valence-electron chi connectivity index (χ0n) is 18.1. The van der Waals surface area contributed by atoms with Crippen LogP contribution in [0.3, 0.4) is 0 Å². The molecule has 3 N–H and O–H groups in total. The fourth-order valence-corrected chi connectivity index (χ4v) is 5.30. The number of thioether (sulfide) groups is 1. The number of amides is 2. The Morgan fingerprint density at radius 2 is 2.09 bits per heavy atom. The molecule has 3 aromatic carbocycles. The maximum atomic E-state index is 12.5. The predicted octanol–water partition coefficient (Wildman–Crippen LogP) is 3.27. The van der Waals surface area contributed by atoms with Gasteiger partial charge < -0.3 is 20.0 Å². The number of rotatable bonds is 5. The molecule has 2 amide bonds. The molecule has 3 aromatic rings. The SMILES string of the molecule is O=C1CSc2ccc(N3C[C@@H](CNCN4Cc5c(O)ccc6cccc(c56)O4)OC3=O)cc2N1. The lowest BCUT2D eigenvalue weighted by atomic mass is 10.0. The Kier molecular flexibility index (Phi) is 5.20. The molecule has 174 valence electrons. The maximum absolute atomic E-state index is 12.5. The molecule has 0 unspecified atom stereocenters. The number of hydrogen-bond donors (Lipinski definition) is 3. The first-order valence-corrected chi connectivity index (χ1v) is 12.0. The summed E-state index contributed by atoms with van der Waals surface area (Å²) in [6, 6.07) is 15.0. The first-order chi connectivity index (χ1) is 16.5. The van der Waals surface area contributed by atoms with Gasteiger partial charge in [-0.2, -0.15) is 0 Å². The van der Waals surface area contributed by atoms with Crippen molar-refractivity contribution in [2.75, 3.05) is 35.7 Å². The van der Waals surface area contributed by atoms with Crippen molar-refractivity contribution in [1.29, 1.82) is 0 Å². The number of carbonyl (C=O) groups is 2. The molecular formula is C24H22N4O5S. The average Bonchev–Trinajstić information content (AvgIpc) is 3.21. The smallest absolute Gasteiger partial charge is 0.414 e. The van der Waals surface area contributed by atoms with Crippen LogP contribution in [0.15, 0.2) is 53.4 Å². The molecule has 3 aliphatic heterocycles. The summed E-state index contributed by atoms with van der Waals surface area (Å²) in [5, 5.41) is 20.2. The number of phenols is 1. The van der Waals surface area contributed by atoms with Crippen LogP contribution in [0.5, 0.6) is 11.5 Å². The van der Waals surface area contributed by atoms with Gasteiger partial charge in [-0.1, -0.05) is 18.2 Å². The Morgan fingerprint density at radius 1 is 1.18 bits per heavy atom. The van der Waals surface area contributed by atoms with Crippen molar-refractivity contribution in [1.82, 2.24) is 10.4 Å². The van der Waals surface area contributed by atoms with Crippen molar-refractivity contribution in [3.8, 4) is 11.5 Å². The summed E-state index contributed by atoms with van der Waals surface area (Å²) < 4.78 is 5.54. The lowest BCUT2D eigenvalue weighted by Crippen LogP contribution is -2.41. The number of benzene rings is 3. The minimum Gasteiger partial charge on any atom is -0.508 e. The van der Waals surface area contributed by atoms with Crippen molar-refractivity contribution in [2.45, 2.75) is 17.5 Å². The lowest BCUT2D eigenvalue weighted by molar-refractivity contribution is -0.113. The van der Waals surface area contributed by atoms with Crippen LogP contribution in [0.25, 0.3) is 10.8 Å². The van der Waals surface area contributed by atoms with E-state index in [0.29, 0.717) is 49.2 Å². The van der Waals surface area contributed by atoms with E-state index in [1.54, 1.807) is 16.0 Å². The van der Waals surface area contributed by atoms with Gasteiger partial charge in [0.05, 0.1) is 31.2 Å². The molecule has 1 saturated heterocycles. The third-order valence-corrected chi connectivity index (χ3v) is 7.17. The summed E-state index contributed by atoms with van der Waals surface area (Å²) in [5.41, 5.74) is 2.24. The zero-order valence-corrected chi connectivity index (χ0v) is 18.9. The normalized spacial score (nSPS) is 19.5. The Balaban J connectivity index is 1.07. The van der Waals surface area contributed by atoms with Gasteiger partial charge >= 0.3 is 6.09 Å². The van der Waals surface area contributed by atoms with Crippen molar-refractivity contribution >= 4 is 45.9 Å². The molecule has 0 aliphatic carbocycles. The molecule has 3 heterocycles. The largest absolute Gasteiger partial charge is 0.508 e. The summed E-state index contributed by atoms with van der Waals surface area (Å²) in [7, 11) is 0. The van der Waals surface area contributed by atoms with Gasteiger partial charge in [0.2, 0.25) is 5.91 Å². The van der Waals surface area contributed by atoms with Crippen molar-refractivity contribution in [3.05, 3.63) is 54.1 Å². The van der Waals surface area contributed by atoms with Crippen LogP contribution in [0.4, 0.5) is 16.2 Å². The molecule has 9 nitrogen and oxygen atoms in total. The van der Waals surface area contributed by atoms with E-state index in [-0.39, 0.29) is 17.8 Å². The number of aromatic hydroxyl groups is 1. The standard InChI is InChI=1S/C24H22N4O5S/c29-19-6-4-14-2-1-3-20-23(14)17(19)11-27(33-20)13-25-9-16-10-28(24(31)32-16)15-5-7-21-18(8-15)26-22(30)12-34-21/h1-8,16,25,29H,9-13H2,(H,26,30)/t16-/m1/s1. The second kappa shape index (κ2) is 8.39. The summed E-state index contributed by atoms with van der Waals surface area (Å²) in [4.78, 5) is 32.7. The molecule has 10 heteroatoms. The Hall–Kier alpha value is -3.47. The maximum Gasteiger partial charge on any atom is 0.414 e. The van der Waals surface area contributed by atoms with Crippen molar-refractivity contribution < 1.29 is 24.3 Å². The molecule has 1 atom stereocenters. The van der Waals surface area contributed by atoms with Gasteiger partial charge in [-0.25, -0.2) is 4.79 Å². The quantitative estimate of drug-likeness (QED) is 0.514. The van der Waals surface area contributed by atoms with E-state index in [9.17, 15) is 14.7 Å². The number of hydrogen-bond acceptors (Lipinski definition) is 8. The number of ether oxygens (including phenoxy) is 1. The highest BCUT2D eigenvalue weighted by molar-refractivity contribution is 8.00. The minimum atomic E-state index is -0.415. The number of hydroxylamine groups is 2. The summed E-state index contributed by atoms with van der Waals surface area (Å²) in [6.45, 7) is 1.66. The van der Waals surface area contributed by atoms with E-state index < -0.39 is 6.09 Å². The van der Waals surface area contributed by atoms with Gasteiger partial charge in [0.1, 0.15) is 11.9 Å². The molecule has 0 bridgehead atoms. The number of fused-ring (bicyclic) bond motifs is 1. The number of anilines is 2. The second-order valence-electron chi connectivity index (χ2n) is 8.39. The first kappa shape index (κ1) is 21.1. The average molecular weight is 479 g/mol.